The summed E-state index contributed by atoms with van der Waals surface area (Å²) in [6.07, 6.45) is 2.40. The van der Waals surface area contributed by atoms with Crippen molar-refractivity contribution in [3.05, 3.63) is 95.2 Å². The van der Waals surface area contributed by atoms with Gasteiger partial charge in [0.05, 0.1) is 17.9 Å². The van der Waals surface area contributed by atoms with Crippen LogP contribution in [0.4, 0.5) is 4.39 Å². The number of halogens is 1. The van der Waals surface area contributed by atoms with Crippen LogP contribution in [0, 0.1) is 17.1 Å². The molecule has 3 rings (SSSR count). The Bertz CT molecular complexity index is 928. The molecule has 4 nitrogen and oxygen atoms in total. The Morgan fingerprint density at radius 2 is 1.81 bits per heavy atom. The predicted molar refractivity (Wildman–Crippen MR) is 98.8 cm³/mol. The molecule has 1 heterocycles. The zero-order valence-electron chi connectivity index (χ0n) is 14.8. The highest BCUT2D eigenvalue weighted by Gasteiger charge is 2.16. The number of furan rings is 1. The molecule has 0 N–H and O–H groups in total. The lowest BCUT2D eigenvalue weighted by atomic mass is 10.1. The van der Waals surface area contributed by atoms with Crippen LogP contribution in [0.15, 0.2) is 71.3 Å². The monoisotopic (exact) mass is 362 g/mol. The molecular weight excluding hydrogens is 343 g/mol. The fourth-order valence-electron chi connectivity index (χ4n) is 2.84. The Morgan fingerprint density at radius 1 is 1.04 bits per heavy atom. The minimum Gasteiger partial charge on any atom is -0.469 e. The molecule has 0 atom stereocenters. The van der Waals surface area contributed by atoms with E-state index in [1.807, 2.05) is 18.2 Å². The van der Waals surface area contributed by atoms with Crippen LogP contribution in [0.1, 0.15) is 28.9 Å². The van der Waals surface area contributed by atoms with Crippen molar-refractivity contribution in [2.75, 3.05) is 0 Å². The number of amides is 1. The molecule has 0 aliphatic carbocycles. The molecule has 0 saturated heterocycles. The number of rotatable bonds is 7. The third-order valence-corrected chi connectivity index (χ3v) is 4.24. The van der Waals surface area contributed by atoms with Crippen LogP contribution in [0.25, 0.3) is 0 Å². The quantitative estimate of drug-likeness (QED) is 0.624. The average molecular weight is 362 g/mol. The van der Waals surface area contributed by atoms with Gasteiger partial charge < -0.3 is 9.32 Å². The summed E-state index contributed by atoms with van der Waals surface area (Å²) >= 11 is 0. The van der Waals surface area contributed by atoms with E-state index in [4.69, 9.17) is 9.68 Å². The SMILES string of the molecule is N#Cc1ccc(CN(Cc2cccc(F)c2)C(=O)CCc2ccco2)cc1. The summed E-state index contributed by atoms with van der Waals surface area (Å²) in [6.45, 7) is 0.702. The van der Waals surface area contributed by atoms with E-state index >= 15 is 0 Å². The summed E-state index contributed by atoms with van der Waals surface area (Å²) in [6, 6.07) is 19.1. The minimum atomic E-state index is -0.325. The second-order valence-corrected chi connectivity index (χ2v) is 6.27. The Hall–Kier alpha value is -3.39. The van der Waals surface area contributed by atoms with Crippen molar-refractivity contribution in [1.82, 2.24) is 4.90 Å². The zero-order valence-corrected chi connectivity index (χ0v) is 14.8. The highest BCUT2D eigenvalue weighted by Crippen LogP contribution is 2.15. The first-order valence-corrected chi connectivity index (χ1v) is 8.67. The molecule has 0 aliphatic rings. The molecule has 0 saturated carbocycles. The van der Waals surface area contributed by atoms with Crippen LogP contribution in [0.3, 0.4) is 0 Å². The molecule has 0 radical (unpaired) electrons. The van der Waals surface area contributed by atoms with Gasteiger partial charge in [-0.25, -0.2) is 4.39 Å². The first-order chi connectivity index (χ1) is 13.1. The van der Waals surface area contributed by atoms with Gasteiger partial charge >= 0.3 is 0 Å². The van der Waals surface area contributed by atoms with Gasteiger partial charge in [0.15, 0.2) is 0 Å². The number of nitriles is 1. The molecule has 0 bridgehead atoms. The molecule has 5 heteroatoms. The van der Waals surface area contributed by atoms with Gasteiger partial charge in [0.1, 0.15) is 11.6 Å². The summed E-state index contributed by atoms with van der Waals surface area (Å²) in [7, 11) is 0. The predicted octanol–water partition coefficient (Wildman–Crippen LogP) is 4.45. The van der Waals surface area contributed by atoms with E-state index in [0.717, 1.165) is 16.9 Å². The largest absolute Gasteiger partial charge is 0.469 e. The molecule has 0 fully saturated rings. The number of nitrogens with zero attached hydrogens (tertiary/aromatic N) is 2. The second-order valence-electron chi connectivity index (χ2n) is 6.27. The lowest BCUT2D eigenvalue weighted by molar-refractivity contribution is -0.132. The Balaban J connectivity index is 1.74. The Kier molecular flexibility index (Phi) is 6.01. The smallest absolute Gasteiger partial charge is 0.223 e. The van der Waals surface area contributed by atoms with Crippen molar-refractivity contribution in [3.63, 3.8) is 0 Å². The first-order valence-electron chi connectivity index (χ1n) is 8.67. The molecule has 3 aromatic rings. The molecular formula is C22H19FN2O2. The fourth-order valence-corrected chi connectivity index (χ4v) is 2.84. The number of carbonyl (C=O) groups is 1. The fraction of sp³-hybridized carbons (Fsp3) is 0.182. The molecule has 0 spiro atoms. The summed E-state index contributed by atoms with van der Waals surface area (Å²) in [4.78, 5) is 14.5. The summed E-state index contributed by atoms with van der Waals surface area (Å²) < 4.78 is 18.8. The number of hydrogen-bond donors (Lipinski definition) is 0. The van der Waals surface area contributed by atoms with E-state index in [0.29, 0.717) is 31.5 Å². The van der Waals surface area contributed by atoms with Gasteiger partial charge in [-0.15, -0.1) is 0 Å². The van der Waals surface area contributed by atoms with Crippen LogP contribution in [-0.2, 0) is 24.3 Å². The van der Waals surface area contributed by atoms with Crippen LogP contribution in [0.2, 0.25) is 0 Å². The molecule has 27 heavy (non-hydrogen) atoms. The van der Waals surface area contributed by atoms with Gasteiger partial charge in [0.25, 0.3) is 0 Å². The van der Waals surface area contributed by atoms with Crippen LogP contribution >= 0.6 is 0 Å². The van der Waals surface area contributed by atoms with Crippen molar-refractivity contribution >= 4 is 5.91 Å². The van der Waals surface area contributed by atoms with E-state index in [2.05, 4.69) is 6.07 Å². The summed E-state index contributed by atoms with van der Waals surface area (Å²) in [5, 5.41) is 8.92. The van der Waals surface area contributed by atoms with Crippen molar-refractivity contribution in [3.8, 4) is 6.07 Å². The number of hydrogen-bond acceptors (Lipinski definition) is 3. The van der Waals surface area contributed by atoms with E-state index in [1.165, 1.54) is 12.1 Å². The molecule has 2 aromatic carbocycles. The van der Waals surface area contributed by atoms with Gasteiger partial charge in [-0.1, -0.05) is 24.3 Å². The van der Waals surface area contributed by atoms with Gasteiger partial charge in [0, 0.05) is 25.9 Å². The minimum absolute atomic E-state index is 0.0416. The topological polar surface area (TPSA) is 57.2 Å². The molecule has 0 unspecified atom stereocenters. The zero-order chi connectivity index (χ0) is 19.1. The second kappa shape index (κ2) is 8.81. The number of carbonyl (C=O) groups excluding carboxylic acids is 1. The molecule has 136 valence electrons. The molecule has 1 aromatic heterocycles. The number of aryl methyl sites for hydroxylation is 1. The maximum atomic E-state index is 13.5. The van der Waals surface area contributed by atoms with E-state index in [-0.39, 0.29) is 11.7 Å². The lowest BCUT2D eigenvalue weighted by Gasteiger charge is -2.23. The lowest BCUT2D eigenvalue weighted by Crippen LogP contribution is -2.30. The van der Waals surface area contributed by atoms with E-state index in [1.54, 1.807) is 41.5 Å². The van der Waals surface area contributed by atoms with Crippen LogP contribution in [-0.4, -0.2) is 10.8 Å². The van der Waals surface area contributed by atoms with Crippen molar-refractivity contribution in [2.45, 2.75) is 25.9 Å². The maximum Gasteiger partial charge on any atom is 0.223 e. The molecule has 1 amide bonds. The van der Waals surface area contributed by atoms with Crippen molar-refractivity contribution < 1.29 is 13.6 Å². The van der Waals surface area contributed by atoms with Gasteiger partial charge in [-0.3, -0.25) is 4.79 Å². The maximum absolute atomic E-state index is 13.5. The van der Waals surface area contributed by atoms with Crippen molar-refractivity contribution in [1.29, 1.82) is 5.26 Å². The van der Waals surface area contributed by atoms with Crippen LogP contribution < -0.4 is 0 Å². The highest BCUT2D eigenvalue weighted by atomic mass is 19.1. The normalized spacial score (nSPS) is 10.4. The van der Waals surface area contributed by atoms with Gasteiger partial charge in [-0.2, -0.15) is 5.26 Å². The van der Waals surface area contributed by atoms with E-state index < -0.39 is 0 Å². The third kappa shape index (κ3) is 5.29. The molecule has 0 aliphatic heterocycles. The first kappa shape index (κ1) is 18.4. The van der Waals surface area contributed by atoms with Gasteiger partial charge in [0.2, 0.25) is 5.91 Å². The average Bonchev–Trinajstić information content (AvgIpc) is 3.20. The van der Waals surface area contributed by atoms with Crippen LogP contribution in [0.5, 0.6) is 0 Å². The Labute approximate surface area is 157 Å². The number of benzene rings is 2. The van der Waals surface area contributed by atoms with E-state index in [9.17, 15) is 9.18 Å². The van der Waals surface area contributed by atoms with Crippen molar-refractivity contribution in [2.24, 2.45) is 0 Å². The highest BCUT2D eigenvalue weighted by molar-refractivity contribution is 5.76. The van der Waals surface area contributed by atoms with Gasteiger partial charge in [-0.05, 0) is 47.5 Å². The summed E-state index contributed by atoms with van der Waals surface area (Å²) in [5.74, 6) is 0.390. The Morgan fingerprint density at radius 3 is 2.48 bits per heavy atom. The third-order valence-electron chi connectivity index (χ3n) is 4.24. The standard InChI is InChI=1S/C22H19FN2O2/c23-20-4-1-3-19(13-20)16-25(15-18-8-6-17(14-24)7-9-18)22(26)11-10-21-5-2-12-27-21/h1-9,12-13H,10-11,15-16H2. The summed E-state index contributed by atoms with van der Waals surface area (Å²) in [5.41, 5.74) is 2.21.